The molecule has 0 atom stereocenters. The Balaban J connectivity index is 1.37. The van der Waals surface area contributed by atoms with E-state index in [1.165, 1.54) is 0 Å². The van der Waals surface area contributed by atoms with Gasteiger partial charge in [-0.15, -0.1) is 10.2 Å². The summed E-state index contributed by atoms with van der Waals surface area (Å²) in [4.78, 5) is 16.8. The summed E-state index contributed by atoms with van der Waals surface area (Å²) < 4.78 is 5.44. The highest BCUT2D eigenvalue weighted by Crippen LogP contribution is 2.26. The zero-order valence-electron chi connectivity index (χ0n) is 16.8. The molecule has 1 aromatic heterocycles. The Hall–Kier alpha value is -3.12. The van der Waals surface area contributed by atoms with Crippen LogP contribution in [0.15, 0.2) is 60.7 Å². The van der Waals surface area contributed by atoms with Crippen molar-refractivity contribution >= 4 is 23.3 Å². The molecule has 0 unspecified atom stereocenters. The van der Waals surface area contributed by atoms with Crippen molar-refractivity contribution in [2.24, 2.45) is 0 Å². The molecule has 1 saturated heterocycles. The molecule has 0 aliphatic carbocycles. The highest BCUT2D eigenvalue weighted by Gasteiger charge is 2.23. The van der Waals surface area contributed by atoms with Crippen LogP contribution in [0.3, 0.4) is 0 Å². The van der Waals surface area contributed by atoms with Crippen LogP contribution in [-0.2, 0) is 0 Å². The van der Waals surface area contributed by atoms with Gasteiger partial charge in [0.2, 0.25) is 0 Å². The van der Waals surface area contributed by atoms with E-state index in [1.54, 1.807) is 0 Å². The summed E-state index contributed by atoms with van der Waals surface area (Å²) in [5.41, 5.74) is 2.29. The van der Waals surface area contributed by atoms with Gasteiger partial charge in [0.25, 0.3) is 5.91 Å². The van der Waals surface area contributed by atoms with Crippen LogP contribution in [0.5, 0.6) is 5.75 Å². The molecule has 1 fully saturated rings. The van der Waals surface area contributed by atoms with Gasteiger partial charge in [-0.05, 0) is 49.4 Å². The number of hydrogen-bond acceptors (Lipinski definition) is 5. The normalized spacial score (nSPS) is 13.9. The third kappa shape index (κ3) is 4.39. The lowest BCUT2D eigenvalue weighted by molar-refractivity contribution is 0.0746. The molecule has 1 aliphatic rings. The summed E-state index contributed by atoms with van der Waals surface area (Å²) in [6.07, 6.45) is 0. The van der Waals surface area contributed by atoms with Gasteiger partial charge >= 0.3 is 0 Å². The van der Waals surface area contributed by atoms with Crippen LogP contribution in [-0.4, -0.2) is 53.8 Å². The first-order valence-electron chi connectivity index (χ1n) is 10.0. The first-order valence-corrected chi connectivity index (χ1v) is 10.4. The monoisotopic (exact) mass is 422 g/mol. The second kappa shape index (κ2) is 9.13. The summed E-state index contributed by atoms with van der Waals surface area (Å²) in [5, 5.41) is 9.37. The van der Waals surface area contributed by atoms with Crippen LogP contribution >= 0.6 is 11.6 Å². The van der Waals surface area contributed by atoms with Crippen LogP contribution in [0.2, 0.25) is 5.02 Å². The minimum absolute atomic E-state index is 0.0397. The summed E-state index contributed by atoms with van der Waals surface area (Å²) in [5.74, 6) is 1.62. The Morgan fingerprint density at radius 1 is 0.967 bits per heavy atom. The van der Waals surface area contributed by atoms with Crippen LogP contribution < -0.4 is 9.64 Å². The average molecular weight is 423 g/mol. The summed E-state index contributed by atoms with van der Waals surface area (Å²) in [6.45, 7) is 5.25. The maximum absolute atomic E-state index is 12.8. The van der Waals surface area contributed by atoms with E-state index in [1.807, 2.05) is 72.5 Å². The minimum Gasteiger partial charge on any atom is -0.494 e. The number of carbonyl (C=O) groups is 1. The van der Waals surface area contributed by atoms with Gasteiger partial charge in [-0.25, -0.2) is 0 Å². The topological polar surface area (TPSA) is 58.6 Å². The van der Waals surface area contributed by atoms with Crippen molar-refractivity contribution < 1.29 is 9.53 Å². The van der Waals surface area contributed by atoms with Gasteiger partial charge in [0.15, 0.2) is 5.82 Å². The highest BCUT2D eigenvalue weighted by molar-refractivity contribution is 6.33. The van der Waals surface area contributed by atoms with Crippen molar-refractivity contribution in [2.75, 3.05) is 37.7 Å². The number of nitrogens with zero attached hydrogens (tertiary/aromatic N) is 4. The minimum atomic E-state index is 0.0397. The molecule has 6 nitrogen and oxygen atoms in total. The van der Waals surface area contributed by atoms with Crippen molar-refractivity contribution in [3.8, 4) is 17.0 Å². The first-order chi connectivity index (χ1) is 14.7. The number of rotatable bonds is 5. The number of hydrogen-bond donors (Lipinski definition) is 0. The van der Waals surface area contributed by atoms with E-state index >= 15 is 0 Å². The number of amides is 1. The molecule has 0 bridgehead atoms. The van der Waals surface area contributed by atoms with Crippen LogP contribution in [0.4, 0.5) is 5.82 Å². The Labute approximate surface area is 181 Å². The SMILES string of the molecule is CCOc1ccc(C(=O)N2CCN(c3ccc(-c4ccccc4Cl)nn3)CC2)cc1. The molecule has 1 amide bonds. The fourth-order valence-corrected chi connectivity index (χ4v) is 3.72. The number of carbonyl (C=O) groups excluding carboxylic acids is 1. The average Bonchev–Trinajstić information content (AvgIpc) is 2.80. The molecule has 30 heavy (non-hydrogen) atoms. The van der Waals surface area contributed by atoms with E-state index < -0.39 is 0 Å². The van der Waals surface area contributed by atoms with E-state index in [0.717, 1.165) is 22.8 Å². The molecule has 7 heteroatoms. The predicted octanol–water partition coefficient (Wildman–Crippen LogP) is 4.16. The predicted molar refractivity (Wildman–Crippen MR) is 118 cm³/mol. The lowest BCUT2D eigenvalue weighted by atomic mass is 10.1. The first kappa shape index (κ1) is 20.2. The number of piperazine rings is 1. The van der Waals surface area contributed by atoms with Crippen molar-refractivity contribution in [2.45, 2.75) is 6.92 Å². The van der Waals surface area contributed by atoms with Crippen LogP contribution in [0.1, 0.15) is 17.3 Å². The van der Waals surface area contributed by atoms with Crippen molar-refractivity contribution in [1.29, 1.82) is 0 Å². The van der Waals surface area contributed by atoms with Gasteiger partial charge < -0.3 is 14.5 Å². The van der Waals surface area contributed by atoms with Gasteiger partial charge in [-0.2, -0.15) is 0 Å². The summed E-state index contributed by atoms with van der Waals surface area (Å²) >= 11 is 6.25. The van der Waals surface area contributed by atoms with Gasteiger partial charge in [-0.1, -0.05) is 29.8 Å². The molecule has 4 rings (SSSR count). The Morgan fingerprint density at radius 3 is 2.33 bits per heavy atom. The molecular weight excluding hydrogens is 400 g/mol. The van der Waals surface area contributed by atoms with E-state index in [-0.39, 0.29) is 5.91 Å². The van der Waals surface area contributed by atoms with Gasteiger partial charge in [0.05, 0.1) is 17.3 Å². The number of benzene rings is 2. The van der Waals surface area contributed by atoms with Crippen LogP contribution in [0, 0.1) is 0 Å². The summed E-state index contributed by atoms with van der Waals surface area (Å²) in [6, 6.07) is 18.8. The number of ether oxygens (including phenoxy) is 1. The smallest absolute Gasteiger partial charge is 0.253 e. The largest absolute Gasteiger partial charge is 0.494 e. The Morgan fingerprint density at radius 2 is 1.70 bits per heavy atom. The van der Waals surface area contributed by atoms with Crippen LogP contribution in [0.25, 0.3) is 11.3 Å². The lowest BCUT2D eigenvalue weighted by Gasteiger charge is -2.35. The molecule has 0 radical (unpaired) electrons. The maximum Gasteiger partial charge on any atom is 0.253 e. The number of anilines is 1. The zero-order chi connectivity index (χ0) is 20.9. The maximum atomic E-state index is 12.8. The quantitative estimate of drug-likeness (QED) is 0.618. The van der Waals surface area contributed by atoms with Gasteiger partial charge in [0, 0.05) is 37.3 Å². The summed E-state index contributed by atoms with van der Waals surface area (Å²) in [7, 11) is 0. The fraction of sp³-hybridized carbons (Fsp3) is 0.261. The van der Waals surface area contributed by atoms with E-state index in [0.29, 0.717) is 43.4 Å². The molecular formula is C23H23ClN4O2. The van der Waals surface area contributed by atoms with Crippen molar-refractivity contribution in [1.82, 2.24) is 15.1 Å². The number of aromatic nitrogens is 2. The standard InChI is InChI=1S/C23H23ClN4O2/c1-2-30-18-9-7-17(8-10-18)23(29)28-15-13-27(14-16-28)22-12-11-21(25-26-22)19-5-3-4-6-20(19)24/h3-12H,2,13-16H2,1H3. The molecule has 2 heterocycles. The molecule has 2 aromatic carbocycles. The zero-order valence-corrected chi connectivity index (χ0v) is 17.5. The number of halogens is 1. The third-order valence-electron chi connectivity index (χ3n) is 5.10. The molecule has 1 aliphatic heterocycles. The lowest BCUT2D eigenvalue weighted by Crippen LogP contribution is -2.49. The van der Waals surface area contributed by atoms with Crippen molar-refractivity contribution in [3.05, 3.63) is 71.2 Å². The Bertz CT molecular complexity index is 1000. The fourth-order valence-electron chi connectivity index (χ4n) is 3.49. The van der Waals surface area contributed by atoms with E-state index in [2.05, 4.69) is 15.1 Å². The highest BCUT2D eigenvalue weighted by atomic mass is 35.5. The molecule has 0 saturated carbocycles. The molecule has 3 aromatic rings. The van der Waals surface area contributed by atoms with E-state index in [9.17, 15) is 4.79 Å². The molecule has 154 valence electrons. The molecule has 0 spiro atoms. The van der Waals surface area contributed by atoms with Gasteiger partial charge in [-0.3, -0.25) is 4.79 Å². The second-order valence-electron chi connectivity index (χ2n) is 6.99. The van der Waals surface area contributed by atoms with E-state index in [4.69, 9.17) is 16.3 Å². The Kier molecular flexibility index (Phi) is 6.14. The molecule has 0 N–H and O–H groups in total. The third-order valence-corrected chi connectivity index (χ3v) is 5.43. The second-order valence-corrected chi connectivity index (χ2v) is 7.40. The van der Waals surface area contributed by atoms with Crippen molar-refractivity contribution in [3.63, 3.8) is 0 Å². The van der Waals surface area contributed by atoms with Gasteiger partial charge in [0.1, 0.15) is 5.75 Å².